The van der Waals surface area contributed by atoms with E-state index in [-0.39, 0.29) is 31.8 Å². The molecule has 3 N–H and O–H groups in total. The van der Waals surface area contributed by atoms with Gasteiger partial charge in [-0.15, -0.1) is 0 Å². The van der Waals surface area contributed by atoms with Gasteiger partial charge in [-0.3, -0.25) is 9.59 Å². The zero-order chi connectivity index (χ0) is 15.9. The lowest BCUT2D eigenvalue weighted by molar-refractivity contribution is -0.180. The molecule has 1 heterocycles. The van der Waals surface area contributed by atoms with Crippen LogP contribution in [0.25, 0.3) is 0 Å². The maximum absolute atomic E-state index is 12.5. The van der Waals surface area contributed by atoms with Crippen LogP contribution in [0.3, 0.4) is 0 Å². The summed E-state index contributed by atoms with van der Waals surface area (Å²) >= 11 is 0. The average Bonchev–Trinajstić information content (AvgIpc) is 2.44. The van der Waals surface area contributed by atoms with Crippen molar-refractivity contribution in [2.45, 2.75) is 25.1 Å². The van der Waals surface area contributed by atoms with E-state index in [0.717, 1.165) is 0 Å². The molecule has 0 radical (unpaired) electrons. The summed E-state index contributed by atoms with van der Waals surface area (Å²) in [7, 11) is 1.50. The quantitative estimate of drug-likeness (QED) is 0.593. The minimum absolute atomic E-state index is 0.0887. The summed E-state index contributed by atoms with van der Waals surface area (Å²) in [5.74, 6) is -2.25. The van der Waals surface area contributed by atoms with Crippen molar-refractivity contribution in [2.75, 3.05) is 33.4 Å². The molecule has 0 aromatic heterocycles. The molecule has 1 saturated heterocycles. The lowest BCUT2D eigenvalue weighted by Crippen LogP contribution is -2.52. The molecule has 2 unspecified atom stereocenters. The molecule has 6 nitrogen and oxygen atoms in total. The summed E-state index contributed by atoms with van der Waals surface area (Å²) in [5.41, 5.74) is 0. The van der Waals surface area contributed by atoms with Gasteiger partial charge in [0, 0.05) is 20.2 Å². The van der Waals surface area contributed by atoms with Crippen LogP contribution in [-0.2, 0) is 14.3 Å². The van der Waals surface area contributed by atoms with E-state index in [1.165, 1.54) is 7.11 Å². The van der Waals surface area contributed by atoms with Gasteiger partial charge in [0.15, 0.2) is 0 Å². The number of amides is 2. The number of carbonyl (C=O) groups excluding carboxylic acids is 2. The van der Waals surface area contributed by atoms with Crippen molar-refractivity contribution < 1.29 is 27.5 Å². The predicted molar refractivity (Wildman–Crippen MR) is 68.5 cm³/mol. The number of rotatable bonds is 6. The molecule has 0 spiro atoms. The molecule has 2 amide bonds. The fraction of sp³-hybridized carbons (Fsp3) is 0.833. The molecule has 2 atom stereocenters. The molecule has 0 aromatic carbocycles. The average molecular weight is 311 g/mol. The highest BCUT2D eigenvalue weighted by Crippen LogP contribution is 2.31. The van der Waals surface area contributed by atoms with Gasteiger partial charge in [0.25, 0.3) is 0 Å². The van der Waals surface area contributed by atoms with Crippen molar-refractivity contribution in [3.8, 4) is 0 Å². The highest BCUT2D eigenvalue weighted by Gasteiger charge is 2.42. The van der Waals surface area contributed by atoms with Gasteiger partial charge < -0.3 is 20.7 Å². The molecule has 0 bridgehead atoms. The fourth-order valence-electron chi connectivity index (χ4n) is 2.01. The third kappa shape index (κ3) is 6.30. The Kier molecular flexibility index (Phi) is 6.90. The van der Waals surface area contributed by atoms with E-state index >= 15 is 0 Å². The summed E-state index contributed by atoms with van der Waals surface area (Å²) in [6.45, 7) is 0.216. The van der Waals surface area contributed by atoms with Crippen LogP contribution in [0.2, 0.25) is 0 Å². The lowest BCUT2D eigenvalue weighted by Gasteiger charge is -2.30. The number of hydrogen-bond donors (Lipinski definition) is 3. The van der Waals surface area contributed by atoms with Crippen LogP contribution in [-0.4, -0.2) is 57.4 Å². The number of hydrogen-bond acceptors (Lipinski definition) is 4. The molecule has 1 rings (SSSR count). The molecule has 122 valence electrons. The van der Waals surface area contributed by atoms with Crippen LogP contribution < -0.4 is 16.0 Å². The topological polar surface area (TPSA) is 79.5 Å². The Bertz CT molecular complexity index is 355. The first-order valence-corrected chi connectivity index (χ1v) is 6.68. The standard InChI is InChI=1S/C12H20F3N3O3/c1-21-5-4-16-10(19)7-18-11(20)9-3-2-8(6-17-9)12(13,14)15/h8-9,17H,2-7H2,1H3,(H,16,19)(H,18,20). The Labute approximate surface area is 120 Å². The van der Waals surface area contributed by atoms with Gasteiger partial charge in [-0.05, 0) is 12.8 Å². The van der Waals surface area contributed by atoms with Gasteiger partial charge in [-0.1, -0.05) is 0 Å². The van der Waals surface area contributed by atoms with Gasteiger partial charge in [0.2, 0.25) is 11.8 Å². The Hall–Kier alpha value is -1.35. The number of halogens is 3. The highest BCUT2D eigenvalue weighted by molar-refractivity contribution is 5.87. The number of carbonyl (C=O) groups is 2. The maximum atomic E-state index is 12.5. The zero-order valence-electron chi connectivity index (χ0n) is 11.8. The molecule has 1 aliphatic heterocycles. The third-order valence-corrected chi connectivity index (χ3v) is 3.25. The number of alkyl halides is 3. The Morgan fingerprint density at radius 1 is 1.29 bits per heavy atom. The van der Waals surface area contributed by atoms with Crippen molar-refractivity contribution in [1.82, 2.24) is 16.0 Å². The second-order valence-corrected chi connectivity index (χ2v) is 4.84. The van der Waals surface area contributed by atoms with Gasteiger partial charge in [0.1, 0.15) is 0 Å². The maximum Gasteiger partial charge on any atom is 0.393 e. The Morgan fingerprint density at radius 3 is 2.52 bits per heavy atom. The highest BCUT2D eigenvalue weighted by atomic mass is 19.4. The van der Waals surface area contributed by atoms with E-state index in [1.54, 1.807) is 0 Å². The molecule has 0 aliphatic carbocycles. The van der Waals surface area contributed by atoms with Crippen molar-refractivity contribution >= 4 is 11.8 Å². The zero-order valence-corrected chi connectivity index (χ0v) is 11.8. The van der Waals surface area contributed by atoms with Crippen LogP contribution in [0.1, 0.15) is 12.8 Å². The molecule has 0 saturated carbocycles. The third-order valence-electron chi connectivity index (χ3n) is 3.25. The number of ether oxygens (including phenoxy) is 1. The summed E-state index contributed by atoms with van der Waals surface area (Å²) in [5, 5.41) is 7.49. The molecule has 1 aliphatic rings. The first-order chi connectivity index (χ1) is 9.84. The summed E-state index contributed by atoms with van der Waals surface area (Å²) < 4.78 is 42.1. The van der Waals surface area contributed by atoms with Gasteiger partial charge in [-0.2, -0.15) is 13.2 Å². The van der Waals surface area contributed by atoms with Gasteiger partial charge >= 0.3 is 6.18 Å². The molecule has 9 heteroatoms. The van der Waals surface area contributed by atoms with E-state index in [0.29, 0.717) is 13.2 Å². The van der Waals surface area contributed by atoms with E-state index in [9.17, 15) is 22.8 Å². The smallest absolute Gasteiger partial charge is 0.383 e. The van der Waals surface area contributed by atoms with Crippen LogP contribution in [0, 0.1) is 5.92 Å². The van der Waals surface area contributed by atoms with Crippen molar-refractivity contribution in [2.24, 2.45) is 5.92 Å². The van der Waals surface area contributed by atoms with Crippen LogP contribution >= 0.6 is 0 Å². The Balaban J connectivity index is 2.24. The largest absolute Gasteiger partial charge is 0.393 e. The lowest BCUT2D eigenvalue weighted by atomic mass is 9.94. The van der Waals surface area contributed by atoms with E-state index in [2.05, 4.69) is 16.0 Å². The SMILES string of the molecule is COCCNC(=O)CNC(=O)C1CCC(C(F)(F)F)CN1. The Morgan fingerprint density at radius 2 is 2.00 bits per heavy atom. The number of methoxy groups -OCH3 is 1. The molecule has 1 fully saturated rings. The van der Waals surface area contributed by atoms with Crippen LogP contribution in [0.4, 0.5) is 13.2 Å². The van der Waals surface area contributed by atoms with Crippen LogP contribution in [0.15, 0.2) is 0 Å². The molecular weight excluding hydrogens is 291 g/mol. The molecule has 21 heavy (non-hydrogen) atoms. The summed E-state index contributed by atoms with van der Waals surface area (Å²) in [6, 6.07) is -0.685. The van der Waals surface area contributed by atoms with E-state index in [4.69, 9.17) is 4.74 Å². The van der Waals surface area contributed by atoms with Crippen LogP contribution in [0.5, 0.6) is 0 Å². The predicted octanol–water partition coefficient (Wildman–Crippen LogP) is -0.204. The van der Waals surface area contributed by atoms with Crippen molar-refractivity contribution in [1.29, 1.82) is 0 Å². The normalized spacial score (nSPS) is 22.7. The second kappa shape index (κ2) is 8.18. The summed E-state index contributed by atoms with van der Waals surface area (Å²) in [6.07, 6.45) is -4.23. The molecule has 0 aromatic rings. The first-order valence-electron chi connectivity index (χ1n) is 6.68. The van der Waals surface area contributed by atoms with Gasteiger partial charge in [0.05, 0.1) is 25.1 Å². The summed E-state index contributed by atoms with van der Waals surface area (Å²) in [4.78, 5) is 23.1. The van der Waals surface area contributed by atoms with Crippen molar-refractivity contribution in [3.63, 3.8) is 0 Å². The molecular formula is C12H20F3N3O3. The second-order valence-electron chi connectivity index (χ2n) is 4.84. The van der Waals surface area contributed by atoms with Gasteiger partial charge in [-0.25, -0.2) is 0 Å². The van der Waals surface area contributed by atoms with Crippen molar-refractivity contribution in [3.05, 3.63) is 0 Å². The monoisotopic (exact) mass is 311 g/mol. The number of piperidine rings is 1. The minimum atomic E-state index is -4.24. The van der Waals surface area contributed by atoms with E-state index in [1.807, 2.05) is 0 Å². The number of nitrogens with one attached hydrogen (secondary N) is 3. The van der Waals surface area contributed by atoms with E-state index < -0.39 is 24.0 Å². The fourth-order valence-corrected chi connectivity index (χ4v) is 2.01. The minimum Gasteiger partial charge on any atom is -0.383 e. The first kappa shape index (κ1) is 17.7.